The minimum Gasteiger partial charge on any atom is -0.383 e. The summed E-state index contributed by atoms with van der Waals surface area (Å²) >= 11 is 0. The van der Waals surface area contributed by atoms with Gasteiger partial charge in [0.1, 0.15) is 5.82 Å². The number of nitrogens with zero attached hydrogens (tertiary/aromatic N) is 2. The van der Waals surface area contributed by atoms with Gasteiger partial charge in [0.15, 0.2) is 0 Å². The maximum absolute atomic E-state index is 12.9. The maximum atomic E-state index is 12.9. The van der Waals surface area contributed by atoms with Crippen LogP contribution in [0.5, 0.6) is 0 Å². The molecule has 25 heavy (non-hydrogen) atoms. The molecule has 1 unspecified atom stereocenters. The predicted molar refractivity (Wildman–Crippen MR) is 97.1 cm³/mol. The fourth-order valence-corrected chi connectivity index (χ4v) is 3.21. The molecule has 2 aromatic rings. The van der Waals surface area contributed by atoms with Gasteiger partial charge in [-0.25, -0.2) is 4.39 Å². The first-order valence-electron chi connectivity index (χ1n) is 8.84. The number of piperidine rings is 1. The average Bonchev–Trinajstić information content (AvgIpc) is 2.63. The summed E-state index contributed by atoms with van der Waals surface area (Å²) in [4.78, 5) is 18.8. The summed E-state index contributed by atoms with van der Waals surface area (Å²) in [5.74, 6) is 0.392. The molecule has 0 aliphatic carbocycles. The van der Waals surface area contributed by atoms with E-state index in [2.05, 4.69) is 17.2 Å². The van der Waals surface area contributed by atoms with E-state index in [1.165, 1.54) is 18.6 Å². The number of aromatic nitrogens is 1. The highest BCUT2D eigenvalue weighted by Gasteiger charge is 2.22. The lowest BCUT2D eigenvalue weighted by atomic mass is 10.00. The molecular formula is C20H24FN3O. The van der Waals surface area contributed by atoms with Gasteiger partial charge in [-0.2, -0.15) is 0 Å². The lowest BCUT2D eigenvalue weighted by molar-refractivity contribution is 0.0682. The van der Waals surface area contributed by atoms with Crippen LogP contribution in [0.1, 0.15) is 35.7 Å². The Morgan fingerprint density at radius 1 is 1.32 bits per heavy atom. The van der Waals surface area contributed by atoms with Crippen LogP contribution in [0.3, 0.4) is 0 Å². The molecule has 1 aromatic carbocycles. The number of carbonyl (C=O) groups is 1. The fraction of sp³-hybridized carbons (Fsp3) is 0.400. The highest BCUT2D eigenvalue weighted by atomic mass is 19.1. The van der Waals surface area contributed by atoms with Crippen LogP contribution in [0.2, 0.25) is 0 Å². The molecule has 1 aliphatic heterocycles. The Hall–Kier alpha value is -2.43. The monoisotopic (exact) mass is 341 g/mol. The third kappa shape index (κ3) is 4.78. The standard InChI is InChI=1S/C20H24FN3O/c1-15-3-2-10-24(14-15)20(25)17-11-19(13-22-12-17)23-9-8-16-4-6-18(21)7-5-16/h4-7,11-13,15,23H,2-3,8-10,14H2,1H3. The van der Waals surface area contributed by atoms with E-state index < -0.39 is 0 Å². The van der Waals surface area contributed by atoms with Crippen LogP contribution in [-0.2, 0) is 6.42 Å². The first-order chi connectivity index (χ1) is 12.1. The molecule has 1 amide bonds. The smallest absolute Gasteiger partial charge is 0.255 e. The van der Waals surface area contributed by atoms with Gasteiger partial charge < -0.3 is 10.2 Å². The summed E-state index contributed by atoms with van der Waals surface area (Å²) < 4.78 is 12.9. The van der Waals surface area contributed by atoms with E-state index in [0.717, 1.165) is 37.2 Å². The van der Waals surface area contributed by atoms with E-state index in [1.54, 1.807) is 24.5 Å². The quantitative estimate of drug-likeness (QED) is 0.901. The van der Waals surface area contributed by atoms with E-state index >= 15 is 0 Å². The van der Waals surface area contributed by atoms with Crippen molar-refractivity contribution >= 4 is 11.6 Å². The molecule has 0 bridgehead atoms. The van der Waals surface area contributed by atoms with Gasteiger partial charge in [-0.1, -0.05) is 19.1 Å². The van der Waals surface area contributed by atoms with Crippen LogP contribution < -0.4 is 5.32 Å². The van der Waals surface area contributed by atoms with Crippen molar-refractivity contribution in [3.8, 4) is 0 Å². The van der Waals surface area contributed by atoms with Crippen LogP contribution in [0.15, 0.2) is 42.7 Å². The molecule has 1 fully saturated rings. The number of hydrogen-bond acceptors (Lipinski definition) is 3. The molecule has 132 valence electrons. The molecule has 5 heteroatoms. The second kappa shape index (κ2) is 8.10. The largest absolute Gasteiger partial charge is 0.383 e. The van der Waals surface area contributed by atoms with Crippen molar-refractivity contribution in [2.45, 2.75) is 26.2 Å². The molecule has 1 atom stereocenters. The molecule has 3 rings (SSSR count). The number of likely N-dealkylation sites (tertiary alicyclic amines) is 1. The van der Waals surface area contributed by atoms with E-state index in [0.29, 0.717) is 18.0 Å². The molecule has 1 aliphatic rings. The third-order valence-corrected chi connectivity index (χ3v) is 4.59. The van der Waals surface area contributed by atoms with Crippen molar-refractivity contribution in [1.82, 2.24) is 9.88 Å². The second-order valence-corrected chi connectivity index (χ2v) is 6.76. The Balaban J connectivity index is 1.57. The zero-order chi connectivity index (χ0) is 17.6. The Morgan fingerprint density at radius 2 is 2.12 bits per heavy atom. The Bertz CT molecular complexity index is 717. The van der Waals surface area contributed by atoms with Gasteiger partial charge in [-0.05, 0) is 48.9 Å². The molecule has 1 aromatic heterocycles. The molecule has 2 heterocycles. The van der Waals surface area contributed by atoms with Crippen LogP contribution >= 0.6 is 0 Å². The summed E-state index contributed by atoms with van der Waals surface area (Å²) in [7, 11) is 0. The zero-order valence-electron chi connectivity index (χ0n) is 14.5. The van der Waals surface area contributed by atoms with Gasteiger partial charge in [-0.15, -0.1) is 0 Å². The van der Waals surface area contributed by atoms with Gasteiger partial charge in [0.05, 0.1) is 11.3 Å². The number of halogens is 1. The minimum atomic E-state index is -0.223. The number of nitrogens with one attached hydrogen (secondary N) is 1. The van der Waals surface area contributed by atoms with Crippen molar-refractivity contribution < 1.29 is 9.18 Å². The Kier molecular flexibility index (Phi) is 5.64. The van der Waals surface area contributed by atoms with Crippen molar-refractivity contribution in [1.29, 1.82) is 0 Å². The van der Waals surface area contributed by atoms with Crippen molar-refractivity contribution in [3.05, 3.63) is 59.7 Å². The zero-order valence-corrected chi connectivity index (χ0v) is 14.5. The number of amides is 1. The number of rotatable bonds is 5. The van der Waals surface area contributed by atoms with Crippen LogP contribution in [-0.4, -0.2) is 35.4 Å². The first kappa shape index (κ1) is 17.4. The summed E-state index contributed by atoms with van der Waals surface area (Å²) in [5, 5.41) is 3.29. The molecule has 4 nitrogen and oxygen atoms in total. The lowest BCUT2D eigenvalue weighted by Crippen LogP contribution is -2.39. The molecule has 1 saturated heterocycles. The number of anilines is 1. The van der Waals surface area contributed by atoms with Gasteiger partial charge in [0.25, 0.3) is 5.91 Å². The van der Waals surface area contributed by atoms with Crippen LogP contribution in [0, 0.1) is 11.7 Å². The van der Waals surface area contributed by atoms with E-state index in [-0.39, 0.29) is 11.7 Å². The maximum Gasteiger partial charge on any atom is 0.255 e. The van der Waals surface area contributed by atoms with Gasteiger partial charge in [0.2, 0.25) is 0 Å². The Labute approximate surface area is 148 Å². The lowest BCUT2D eigenvalue weighted by Gasteiger charge is -2.31. The number of pyridine rings is 1. The minimum absolute atomic E-state index is 0.0567. The summed E-state index contributed by atoms with van der Waals surface area (Å²) in [6.07, 6.45) is 6.39. The summed E-state index contributed by atoms with van der Waals surface area (Å²) in [5.41, 5.74) is 2.52. The van der Waals surface area contributed by atoms with Crippen LogP contribution in [0.4, 0.5) is 10.1 Å². The average molecular weight is 341 g/mol. The third-order valence-electron chi connectivity index (χ3n) is 4.59. The van der Waals surface area contributed by atoms with E-state index in [1.807, 2.05) is 11.0 Å². The predicted octanol–water partition coefficient (Wildman–Crippen LogP) is 3.75. The van der Waals surface area contributed by atoms with Crippen molar-refractivity contribution in [3.63, 3.8) is 0 Å². The van der Waals surface area contributed by atoms with Crippen LogP contribution in [0.25, 0.3) is 0 Å². The number of carbonyl (C=O) groups excluding carboxylic acids is 1. The number of benzene rings is 1. The normalized spacial score (nSPS) is 17.4. The van der Waals surface area contributed by atoms with E-state index in [9.17, 15) is 9.18 Å². The SMILES string of the molecule is CC1CCCN(C(=O)c2cncc(NCCc3ccc(F)cc3)c2)C1. The fourth-order valence-electron chi connectivity index (χ4n) is 3.21. The highest BCUT2D eigenvalue weighted by Crippen LogP contribution is 2.19. The van der Waals surface area contributed by atoms with Gasteiger partial charge in [0, 0.05) is 32.0 Å². The highest BCUT2D eigenvalue weighted by molar-refractivity contribution is 5.94. The second-order valence-electron chi connectivity index (χ2n) is 6.76. The molecule has 0 radical (unpaired) electrons. The molecular weight excluding hydrogens is 317 g/mol. The topological polar surface area (TPSA) is 45.2 Å². The van der Waals surface area contributed by atoms with Gasteiger partial charge in [-0.3, -0.25) is 9.78 Å². The van der Waals surface area contributed by atoms with Crippen molar-refractivity contribution in [2.75, 3.05) is 25.0 Å². The molecule has 0 saturated carbocycles. The first-order valence-corrected chi connectivity index (χ1v) is 8.84. The Morgan fingerprint density at radius 3 is 2.88 bits per heavy atom. The molecule has 0 spiro atoms. The van der Waals surface area contributed by atoms with E-state index in [4.69, 9.17) is 0 Å². The summed E-state index contributed by atoms with van der Waals surface area (Å²) in [6, 6.07) is 8.37. The number of hydrogen-bond donors (Lipinski definition) is 1. The van der Waals surface area contributed by atoms with Crippen molar-refractivity contribution in [2.24, 2.45) is 5.92 Å². The molecule has 1 N–H and O–H groups in total. The summed E-state index contributed by atoms with van der Waals surface area (Å²) in [6.45, 7) is 4.53. The van der Waals surface area contributed by atoms with Gasteiger partial charge >= 0.3 is 0 Å².